The van der Waals surface area contributed by atoms with E-state index in [1.165, 1.54) is 7.11 Å². The monoisotopic (exact) mass is 418 g/mol. The summed E-state index contributed by atoms with van der Waals surface area (Å²) in [6.07, 6.45) is -3.07. The number of hydrogen-bond acceptors (Lipinski definition) is 5. The van der Waals surface area contributed by atoms with Crippen LogP contribution in [0, 0.1) is 5.82 Å². The van der Waals surface area contributed by atoms with Crippen molar-refractivity contribution in [1.82, 2.24) is 15.1 Å². The topological polar surface area (TPSA) is 50.3 Å². The molecule has 0 aliphatic carbocycles. The van der Waals surface area contributed by atoms with E-state index in [0.29, 0.717) is 36.3 Å². The van der Waals surface area contributed by atoms with Crippen molar-refractivity contribution in [2.75, 3.05) is 25.5 Å². The molecule has 1 aliphatic heterocycles. The molecule has 0 amide bonds. The molecule has 2 heterocycles. The number of ether oxygens (including phenoxy) is 1. The number of rotatable bonds is 5. The minimum absolute atomic E-state index is 0.110. The van der Waals surface area contributed by atoms with E-state index in [0.717, 1.165) is 25.0 Å². The fourth-order valence-corrected chi connectivity index (χ4v) is 3.34. The van der Waals surface area contributed by atoms with Crippen molar-refractivity contribution in [2.24, 2.45) is 0 Å². The number of methoxy groups -OCH3 is 1. The standard InChI is InChI=1S/C18H19ClF4N4O/c1-28-15-9-16(19)25-26-17(15)24-14-2-4-27(5-3-14)10-11-6-12(18(21,22)23)8-13(20)7-11/h6-9,14H,2-5,10H2,1H3,(H,24,26). The maximum Gasteiger partial charge on any atom is 0.416 e. The van der Waals surface area contributed by atoms with Gasteiger partial charge in [-0.1, -0.05) is 11.6 Å². The SMILES string of the molecule is COc1cc(Cl)nnc1NC1CCN(Cc2cc(F)cc(C(F)(F)F)c2)CC1. The summed E-state index contributed by atoms with van der Waals surface area (Å²) in [6, 6.07) is 4.34. The lowest BCUT2D eigenvalue weighted by Gasteiger charge is -2.32. The Bertz CT molecular complexity index is 826. The van der Waals surface area contributed by atoms with Gasteiger partial charge < -0.3 is 10.1 Å². The summed E-state index contributed by atoms with van der Waals surface area (Å²) in [5.41, 5.74) is -0.656. The molecule has 10 heteroatoms. The number of alkyl halides is 3. The molecule has 1 aliphatic rings. The second kappa shape index (κ2) is 8.48. The maximum absolute atomic E-state index is 13.6. The molecule has 152 valence electrons. The van der Waals surface area contributed by atoms with Gasteiger partial charge in [0.15, 0.2) is 16.7 Å². The molecule has 1 aromatic carbocycles. The summed E-state index contributed by atoms with van der Waals surface area (Å²) in [5, 5.41) is 11.3. The lowest BCUT2D eigenvalue weighted by atomic mass is 10.0. The van der Waals surface area contributed by atoms with Gasteiger partial charge in [0.2, 0.25) is 0 Å². The van der Waals surface area contributed by atoms with Crippen molar-refractivity contribution in [3.8, 4) is 5.75 Å². The number of piperidine rings is 1. The van der Waals surface area contributed by atoms with Crippen LogP contribution in [0.1, 0.15) is 24.0 Å². The highest BCUT2D eigenvalue weighted by Crippen LogP contribution is 2.31. The third kappa shape index (κ3) is 5.23. The molecule has 0 unspecified atom stereocenters. The van der Waals surface area contributed by atoms with Crippen LogP contribution in [-0.2, 0) is 12.7 Å². The number of aromatic nitrogens is 2. The van der Waals surface area contributed by atoms with E-state index in [-0.39, 0.29) is 17.7 Å². The summed E-state index contributed by atoms with van der Waals surface area (Å²) in [7, 11) is 1.51. The van der Waals surface area contributed by atoms with E-state index in [1.807, 2.05) is 4.90 Å². The van der Waals surface area contributed by atoms with Crippen molar-refractivity contribution in [1.29, 1.82) is 0 Å². The summed E-state index contributed by atoms with van der Waals surface area (Å²) in [4.78, 5) is 2.00. The molecule has 0 atom stereocenters. The zero-order valence-electron chi connectivity index (χ0n) is 15.1. The Morgan fingerprint density at radius 3 is 2.54 bits per heavy atom. The predicted octanol–water partition coefficient (Wildman–Crippen LogP) is 4.37. The molecule has 5 nitrogen and oxygen atoms in total. The van der Waals surface area contributed by atoms with E-state index < -0.39 is 17.6 Å². The van der Waals surface area contributed by atoms with E-state index in [2.05, 4.69) is 15.5 Å². The van der Waals surface area contributed by atoms with E-state index in [1.54, 1.807) is 6.07 Å². The Balaban J connectivity index is 1.58. The van der Waals surface area contributed by atoms with Crippen LogP contribution in [0.2, 0.25) is 5.15 Å². The normalized spacial score (nSPS) is 16.2. The van der Waals surface area contributed by atoms with Crippen molar-refractivity contribution < 1.29 is 22.3 Å². The van der Waals surface area contributed by atoms with Gasteiger partial charge in [0.25, 0.3) is 0 Å². The second-order valence-electron chi connectivity index (χ2n) is 6.62. The van der Waals surface area contributed by atoms with Gasteiger partial charge in [0.1, 0.15) is 5.82 Å². The number of likely N-dealkylation sites (tertiary alicyclic amines) is 1. The van der Waals surface area contributed by atoms with E-state index in [4.69, 9.17) is 16.3 Å². The molecule has 1 aromatic heterocycles. The lowest BCUT2D eigenvalue weighted by molar-refractivity contribution is -0.137. The Morgan fingerprint density at radius 1 is 1.18 bits per heavy atom. The van der Waals surface area contributed by atoms with Gasteiger partial charge in [0.05, 0.1) is 12.7 Å². The predicted molar refractivity (Wildman–Crippen MR) is 96.9 cm³/mol. The molecule has 0 bridgehead atoms. The van der Waals surface area contributed by atoms with Gasteiger partial charge >= 0.3 is 6.18 Å². The first-order chi connectivity index (χ1) is 13.2. The molecule has 0 spiro atoms. The number of halogens is 5. The molecule has 3 rings (SSSR count). The Morgan fingerprint density at radius 2 is 1.89 bits per heavy atom. The molecular formula is C18H19ClF4N4O. The van der Waals surface area contributed by atoms with Crippen LogP contribution in [0.3, 0.4) is 0 Å². The lowest BCUT2D eigenvalue weighted by Crippen LogP contribution is -2.39. The van der Waals surface area contributed by atoms with Crippen LogP contribution in [0.15, 0.2) is 24.3 Å². The Hall–Kier alpha value is -2.13. The molecule has 0 saturated carbocycles. The van der Waals surface area contributed by atoms with Crippen molar-refractivity contribution in [3.05, 3.63) is 46.4 Å². The maximum atomic E-state index is 13.6. The van der Waals surface area contributed by atoms with Gasteiger partial charge in [-0.3, -0.25) is 4.90 Å². The molecule has 1 saturated heterocycles. The van der Waals surface area contributed by atoms with Gasteiger partial charge in [-0.15, -0.1) is 10.2 Å². The number of nitrogens with one attached hydrogen (secondary N) is 1. The summed E-state index contributed by atoms with van der Waals surface area (Å²) in [5.74, 6) is 0.0990. The second-order valence-corrected chi connectivity index (χ2v) is 7.01. The molecular weight excluding hydrogens is 400 g/mol. The molecule has 0 radical (unpaired) electrons. The van der Waals surface area contributed by atoms with Gasteiger partial charge in [-0.05, 0) is 36.6 Å². The smallest absolute Gasteiger partial charge is 0.416 e. The van der Waals surface area contributed by atoms with E-state index >= 15 is 0 Å². The largest absolute Gasteiger partial charge is 0.493 e. The van der Waals surface area contributed by atoms with Crippen LogP contribution in [0.4, 0.5) is 23.4 Å². The van der Waals surface area contributed by atoms with Gasteiger partial charge in [0, 0.05) is 31.7 Å². The third-order valence-corrected chi connectivity index (χ3v) is 4.75. The molecule has 28 heavy (non-hydrogen) atoms. The highest BCUT2D eigenvalue weighted by molar-refractivity contribution is 6.29. The zero-order valence-corrected chi connectivity index (χ0v) is 15.8. The minimum Gasteiger partial charge on any atom is -0.493 e. The fourth-order valence-electron chi connectivity index (χ4n) is 3.20. The quantitative estimate of drug-likeness (QED) is 0.730. The van der Waals surface area contributed by atoms with E-state index in [9.17, 15) is 17.6 Å². The average molecular weight is 419 g/mol. The first-order valence-corrected chi connectivity index (χ1v) is 9.05. The first-order valence-electron chi connectivity index (χ1n) is 8.67. The third-order valence-electron chi connectivity index (χ3n) is 4.57. The Labute approximate surface area is 164 Å². The van der Waals surface area contributed by atoms with Crippen LogP contribution in [-0.4, -0.2) is 41.3 Å². The first kappa shape index (κ1) is 20.6. The average Bonchev–Trinajstić information content (AvgIpc) is 2.63. The van der Waals surface area contributed by atoms with Crippen LogP contribution in [0.25, 0.3) is 0 Å². The molecule has 1 N–H and O–H groups in total. The molecule has 2 aromatic rings. The summed E-state index contributed by atoms with van der Waals surface area (Å²) in [6.45, 7) is 1.56. The zero-order chi connectivity index (χ0) is 20.3. The van der Waals surface area contributed by atoms with Crippen LogP contribution >= 0.6 is 11.6 Å². The number of hydrogen-bond donors (Lipinski definition) is 1. The van der Waals surface area contributed by atoms with Gasteiger partial charge in [-0.2, -0.15) is 13.2 Å². The fraction of sp³-hybridized carbons (Fsp3) is 0.444. The van der Waals surface area contributed by atoms with Gasteiger partial charge in [-0.25, -0.2) is 4.39 Å². The minimum atomic E-state index is -4.56. The Kier molecular flexibility index (Phi) is 6.24. The number of anilines is 1. The van der Waals surface area contributed by atoms with Crippen LogP contribution in [0.5, 0.6) is 5.75 Å². The summed E-state index contributed by atoms with van der Waals surface area (Å²) < 4.78 is 57.3. The highest BCUT2D eigenvalue weighted by Gasteiger charge is 2.31. The van der Waals surface area contributed by atoms with Crippen molar-refractivity contribution in [2.45, 2.75) is 31.6 Å². The van der Waals surface area contributed by atoms with Crippen molar-refractivity contribution >= 4 is 17.4 Å². The number of nitrogens with zero attached hydrogens (tertiary/aromatic N) is 3. The van der Waals surface area contributed by atoms with Crippen molar-refractivity contribution in [3.63, 3.8) is 0 Å². The van der Waals surface area contributed by atoms with Crippen LogP contribution < -0.4 is 10.1 Å². The summed E-state index contributed by atoms with van der Waals surface area (Å²) >= 11 is 5.80. The number of benzene rings is 1. The highest BCUT2D eigenvalue weighted by atomic mass is 35.5. The molecule has 1 fully saturated rings.